The summed E-state index contributed by atoms with van der Waals surface area (Å²) in [6.45, 7) is 5.85. The van der Waals surface area contributed by atoms with E-state index in [1.165, 1.54) is 11.1 Å². The zero-order chi connectivity index (χ0) is 21.8. The Bertz CT molecular complexity index is 1060. The van der Waals surface area contributed by atoms with E-state index in [1.807, 2.05) is 30.1 Å². The Morgan fingerprint density at radius 3 is 2.48 bits per heavy atom. The van der Waals surface area contributed by atoms with Crippen LogP contribution in [0.5, 0.6) is 11.5 Å². The molecule has 174 valence electrons. The maximum Gasteiger partial charge on any atom is 0.231 e. The van der Waals surface area contributed by atoms with Gasteiger partial charge in [0, 0.05) is 58.7 Å². The second-order valence-corrected chi connectivity index (χ2v) is 7.97. The van der Waals surface area contributed by atoms with Crippen molar-refractivity contribution < 1.29 is 9.47 Å². The summed E-state index contributed by atoms with van der Waals surface area (Å²) in [5, 5.41) is 7.78. The highest BCUT2D eigenvalue weighted by Crippen LogP contribution is 2.32. The van der Waals surface area contributed by atoms with Crippen LogP contribution in [0.4, 0.5) is 0 Å². The molecule has 1 saturated heterocycles. The minimum absolute atomic E-state index is 0. The summed E-state index contributed by atoms with van der Waals surface area (Å²) in [6, 6.07) is 16.6. The predicted molar refractivity (Wildman–Crippen MR) is 139 cm³/mol. The molecule has 0 spiro atoms. The normalized spacial score (nSPS) is 15.9. The molecule has 3 heterocycles. The average Bonchev–Trinajstić information content (AvgIpc) is 3.53. The van der Waals surface area contributed by atoms with Crippen molar-refractivity contribution in [2.75, 3.05) is 40.0 Å². The summed E-state index contributed by atoms with van der Waals surface area (Å²) in [6.07, 6.45) is 3.73. The van der Waals surface area contributed by atoms with Gasteiger partial charge in [-0.25, -0.2) is 4.68 Å². The molecule has 0 radical (unpaired) electrons. The molecule has 2 aliphatic heterocycles. The van der Waals surface area contributed by atoms with Crippen LogP contribution in [-0.4, -0.2) is 65.6 Å². The Hall–Kier alpha value is -2.79. The molecule has 1 fully saturated rings. The highest BCUT2D eigenvalue weighted by atomic mass is 127. The first-order valence-electron chi connectivity index (χ1n) is 10.9. The van der Waals surface area contributed by atoms with E-state index in [1.54, 1.807) is 6.20 Å². The number of benzene rings is 2. The van der Waals surface area contributed by atoms with Gasteiger partial charge in [0.1, 0.15) is 0 Å². The zero-order valence-corrected chi connectivity index (χ0v) is 21.0. The molecule has 9 heteroatoms. The van der Waals surface area contributed by atoms with E-state index in [0.717, 1.165) is 62.4 Å². The summed E-state index contributed by atoms with van der Waals surface area (Å²) in [7, 11) is 1.85. The summed E-state index contributed by atoms with van der Waals surface area (Å²) in [5.74, 6) is 2.64. The number of rotatable bonds is 5. The summed E-state index contributed by atoms with van der Waals surface area (Å²) in [4.78, 5) is 9.30. The fraction of sp³-hybridized carbons (Fsp3) is 0.333. The van der Waals surface area contributed by atoms with Crippen LogP contribution in [-0.2, 0) is 13.1 Å². The maximum atomic E-state index is 5.50. The molecule has 1 N–H and O–H groups in total. The molecule has 0 unspecified atom stereocenters. The molecular weight excluding hydrogens is 531 g/mol. The zero-order valence-electron chi connectivity index (χ0n) is 18.7. The fourth-order valence-corrected chi connectivity index (χ4v) is 4.12. The number of aliphatic imine (C=N–C) groups is 1. The minimum Gasteiger partial charge on any atom is -0.454 e. The van der Waals surface area contributed by atoms with E-state index in [9.17, 15) is 0 Å². The van der Waals surface area contributed by atoms with Crippen molar-refractivity contribution >= 4 is 29.9 Å². The lowest BCUT2D eigenvalue weighted by Gasteiger charge is -2.36. The summed E-state index contributed by atoms with van der Waals surface area (Å²) in [5.41, 5.74) is 3.52. The second kappa shape index (κ2) is 10.9. The first-order chi connectivity index (χ1) is 15.8. The van der Waals surface area contributed by atoms with Crippen molar-refractivity contribution in [3.8, 4) is 17.2 Å². The SMILES string of the molecule is CN=C(NCc1ccc(-n2cccn2)cc1)N1CCN(Cc2ccc3c(c2)OCO3)CC1.I. The molecule has 1 aromatic heterocycles. The van der Waals surface area contributed by atoms with E-state index >= 15 is 0 Å². The third kappa shape index (κ3) is 5.59. The molecule has 0 aliphatic carbocycles. The average molecular weight is 560 g/mol. The third-order valence-corrected chi connectivity index (χ3v) is 5.88. The van der Waals surface area contributed by atoms with E-state index in [4.69, 9.17) is 9.47 Å². The van der Waals surface area contributed by atoms with Crippen molar-refractivity contribution in [2.45, 2.75) is 13.1 Å². The van der Waals surface area contributed by atoms with Gasteiger partial charge in [0.25, 0.3) is 0 Å². The number of guanidine groups is 1. The number of nitrogens with one attached hydrogen (secondary N) is 1. The lowest BCUT2D eigenvalue weighted by Crippen LogP contribution is -2.52. The number of hydrogen-bond donors (Lipinski definition) is 1. The molecule has 5 rings (SSSR count). The first-order valence-corrected chi connectivity index (χ1v) is 10.9. The van der Waals surface area contributed by atoms with Gasteiger partial charge in [0.15, 0.2) is 17.5 Å². The number of halogens is 1. The number of nitrogens with zero attached hydrogens (tertiary/aromatic N) is 5. The quantitative estimate of drug-likeness (QED) is 0.294. The van der Waals surface area contributed by atoms with E-state index in [0.29, 0.717) is 6.79 Å². The van der Waals surface area contributed by atoms with E-state index < -0.39 is 0 Å². The van der Waals surface area contributed by atoms with Crippen molar-refractivity contribution in [1.29, 1.82) is 0 Å². The summed E-state index contributed by atoms with van der Waals surface area (Å²) >= 11 is 0. The molecule has 2 aromatic carbocycles. The van der Waals surface area contributed by atoms with E-state index in [-0.39, 0.29) is 24.0 Å². The van der Waals surface area contributed by atoms with Gasteiger partial charge in [-0.15, -0.1) is 24.0 Å². The molecule has 8 nitrogen and oxygen atoms in total. The van der Waals surface area contributed by atoms with Crippen LogP contribution >= 0.6 is 24.0 Å². The molecule has 0 bridgehead atoms. The van der Waals surface area contributed by atoms with Crippen LogP contribution in [0.3, 0.4) is 0 Å². The summed E-state index contributed by atoms with van der Waals surface area (Å²) < 4.78 is 12.8. The molecule has 2 aliphatic rings. The molecule has 33 heavy (non-hydrogen) atoms. The fourth-order valence-electron chi connectivity index (χ4n) is 4.12. The van der Waals surface area contributed by atoms with Gasteiger partial charge in [-0.2, -0.15) is 5.10 Å². The van der Waals surface area contributed by atoms with Gasteiger partial charge in [0.05, 0.1) is 5.69 Å². The lowest BCUT2D eigenvalue weighted by atomic mass is 10.1. The topological polar surface area (TPSA) is 67.2 Å². The van der Waals surface area contributed by atoms with Gasteiger partial charge < -0.3 is 19.7 Å². The number of fused-ring (bicyclic) bond motifs is 1. The van der Waals surface area contributed by atoms with Crippen LogP contribution in [0.25, 0.3) is 5.69 Å². The highest BCUT2D eigenvalue weighted by Gasteiger charge is 2.21. The van der Waals surface area contributed by atoms with Gasteiger partial charge in [0.2, 0.25) is 6.79 Å². The first kappa shape index (κ1) is 23.4. The number of ether oxygens (including phenoxy) is 2. The Morgan fingerprint density at radius 2 is 1.76 bits per heavy atom. The van der Waals surface area contributed by atoms with Crippen LogP contribution in [0, 0.1) is 0 Å². The lowest BCUT2D eigenvalue weighted by molar-refractivity contribution is 0.171. The number of piperazine rings is 1. The van der Waals surface area contributed by atoms with Gasteiger partial charge in [-0.1, -0.05) is 18.2 Å². The largest absolute Gasteiger partial charge is 0.454 e. The molecular formula is C24H29IN6O2. The van der Waals surface area contributed by atoms with Crippen LogP contribution in [0.2, 0.25) is 0 Å². The Kier molecular flexibility index (Phi) is 7.71. The molecule has 0 amide bonds. The maximum absolute atomic E-state index is 5.50. The third-order valence-electron chi connectivity index (χ3n) is 5.88. The van der Waals surface area contributed by atoms with Crippen molar-refractivity contribution in [3.63, 3.8) is 0 Å². The predicted octanol–water partition coefficient (Wildman–Crippen LogP) is 3.11. The Balaban J connectivity index is 0.00000259. The molecule has 0 saturated carbocycles. The standard InChI is InChI=1S/C24H28N6O2.HI/c1-25-24(26-16-19-3-6-21(7-4-19)30-10-2-9-27-30)29-13-11-28(12-14-29)17-20-5-8-22-23(15-20)32-18-31-22;/h2-10,15H,11-14,16-18H2,1H3,(H,25,26);1H. The Labute approximate surface area is 211 Å². The second-order valence-electron chi connectivity index (χ2n) is 7.97. The monoisotopic (exact) mass is 560 g/mol. The van der Waals surface area contributed by atoms with Gasteiger partial charge in [-0.05, 0) is 41.5 Å². The number of hydrogen-bond acceptors (Lipinski definition) is 5. The van der Waals surface area contributed by atoms with Gasteiger partial charge >= 0.3 is 0 Å². The van der Waals surface area contributed by atoms with Crippen molar-refractivity contribution in [3.05, 3.63) is 72.1 Å². The van der Waals surface area contributed by atoms with Crippen molar-refractivity contribution in [2.24, 2.45) is 4.99 Å². The van der Waals surface area contributed by atoms with Gasteiger partial charge in [-0.3, -0.25) is 9.89 Å². The minimum atomic E-state index is 0. The highest BCUT2D eigenvalue weighted by molar-refractivity contribution is 14.0. The van der Waals surface area contributed by atoms with E-state index in [2.05, 4.69) is 61.6 Å². The van der Waals surface area contributed by atoms with Crippen molar-refractivity contribution in [1.82, 2.24) is 24.9 Å². The van der Waals surface area contributed by atoms with Crippen LogP contribution in [0.1, 0.15) is 11.1 Å². The Morgan fingerprint density at radius 1 is 1.00 bits per heavy atom. The molecule has 0 atom stereocenters. The van der Waals surface area contributed by atoms with Crippen LogP contribution < -0.4 is 14.8 Å². The van der Waals surface area contributed by atoms with Crippen LogP contribution in [0.15, 0.2) is 65.9 Å². The molecule has 3 aromatic rings. The number of aromatic nitrogens is 2. The smallest absolute Gasteiger partial charge is 0.231 e.